The van der Waals surface area contributed by atoms with Crippen LogP contribution in [-0.2, 0) is 15.0 Å². The van der Waals surface area contributed by atoms with Gasteiger partial charge in [0.15, 0.2) is 17.3 Å². The number of rotatable bonds is 4. The Morgan fingerprint density at radius 2 is 1.71 bits per heavy atom. The van der Waals surface area contributed by atoms with E-state index in [1.165, 1.54) is 33.8 Å². The van der Waals surface area contributed by atoms with Crippen molar-refractivity contribution in [1.82, 2.24) is 0 Å². The maximum Gasteiger partial charge on any atom is 0.335 e. The number of aromatic hydroxyl groups is 3. The highest BCUT2D eigenvalue weighted by Crippen LogP contribution is 2.57. The van der Waals surface area contributed by atoms with Crippen molar-refractivity contribution in [2.45, 2.75) is 33.1 Å². The zero-order valence-electron chi connectivity index (χ0n) is 19.1. The number of anilines is 1. The Morgan fingerprint density at radius 1 is 1.06 bits per heavy atom. The van der Waals surface area contributed by atoms with Gasteiger partial charge < -0.3 is 30.5 Å². The molecule has 1 atom stereocenters. The van der Waals surface area contributed by atoms with Gasteiger partial charge in [-0.2, -0.15) is 0 Å². The number of carbonyl (C=O) groups excluding carboxylic acids is 3. The van der Waals surface area contributed by atoms with Crippen LogP contribution in [0.4, 0.5) is 5.69 Å². The number of benzene rings is 2. The Bertz CT molecular complexity index is 1450. The second kappa shape index (κ2) is 7.73. The van der Waals surface area contributed by atoms with Crippen molar-refractivity contribution in [2.75, 3.05) is 5.32 Å². The fourth-order valence-electron chi connectivity index (χ4n) is 4.40. The number of ketones is 3. The van der Waals surface area contributed by atoms with Gasteiger partial charge in [0, 0.05) is 17.3 Å². The number of nitrogens with one attached hydrogen (secondary N) is 1. The lowest BCUT2D eigenvalue weighted by Gasteiger charge is -2.29. The van der Waals surface area contributed by atoms with Gasteiger partial charge in [-0.3, -0.25) is 14.4 Å². The van der Waals surface area contributed by atoms with Gasteiger partial charge in [-0.05, 0) is 45.9 Å². The van der Waals surface area contributed by atoms with Gasteiger partial charge >= 0.3 is 5.97 Å². The van der Waals surface area contributed by atoms with Crippen molar-refractivity contribution in [1.29, 1.82) is 0 Å². The summed E-state index contributed by atoms with van der Waals surface area (Å²) in [6.07, 6.45) is 1.06. The Hall–Kier alpha value is -4.60. The molecule has 180 valence electrons. The maximum absolute atomic E-state index is 13.8. The summed E-state index contributed by atoms with van der Waals surface area (Å²) >= 11 is 0. The largest absolute Gasteiger partial charge is 0.507 e. The summed E-state index contributed by atoms with van der Waals surface area (Å²) in [6.45, 7) is 5.40. The van der Waals surface area contributed by atoms with Crippen LogP contribution in [0.3, 0.4) is 0 Å². The van der Waals surface area contributed by atoms with E-state index in [0.29, 0.717) is 0 Å². The van der Waals surface area contributed by atoms with Gasteiger partial charge in [0.25, 0.3) is 0 Å². The monoisotopic (exact) mass is 479 g/mol. The van der Waals surface area contributed by atoms with E-state index in [4.69, 9.17) is 4.74 Å². The Morgan fingerprint density at radius 3 is 2.31 bits per heavy atom. The third-order valence-electron chi connectivity index (χ3n) is 6.33. The first kappa shape index (κ1) is 23.6. The lowest BCUT2D eigenvalue weighted by Crippen LogP contribution is -2.40. The third-order valence-corrected chi connectivity index (χ3v) is 6.33. The van der Waals surface area contributed by atoms with E-state index in [1.54, 1.807) is 0 Å². The first-order valence-corrected chi connectivity index (χ1v) is 10.4. The topological polar surface area (TPSA) is 170 Å². The first-order chi connectivity index (χ1) is 16.3. The highest BCUT2D eigenvalue weighted by Gasteiger charge is 2.56. The molecule has 0 unspecified atom stereocenters. The minimum absolute atomic E-state index is 0.0181. The number of Topliss-reactive ketones (excluding diaryl/α,β-unsaturated/α-hetero) is 2. The van der Waals surface area contributed by atoms with Crippen molar-refractivity contribution in [3.8, 4) is 23.0 Å². The molecule has 2 aromatic carbocycles. The van der Waals surface area contributed by atoms with E-state index in [-0.39, 0.29) is 56.5 Å². The van der Waals surface area contributed by atoms with Crippen molar-refractivity contribution in [3.63, 3.8) is 0 Å². The average molecular weight is 479 g/mol. The summed E-state index contributed by atoms with van der Waals surface area (Å²) in [5.41, 5.74) is -2.47. The van der Waals surface area contributed by atoms with Crippen LogP contribution in [0.1, 0.15) is 52.6 Å². The molecule has 35 heavy (non-hydrogen) atoms. The lowest BCUT2D eigenvalue weighted by molar-refractivity contribution is -0.123. The van der Waals surface area contributed by atoms with Crippen molar-refractivity contribution in [2.24, 2.45) is 0 Å². The molecule has 0 bridgehead atoms. The van der Waals surface area contributed by atoms with Gasteiger partial charge in [0.1, 0.15) is 39.7 Å². The Kier molecular flexibility index (Phi) is 5.20. The standard InChI is InChI=1S/C25H21NO9/c1-9-20(30)18(11(3)27)22-19(21(9)31)25(4)16(35-22)8-15(29)17(23(25)32)10(2)26-13-7-12(24(33)34)5-6-14(13)28/h5-8,26,28,30-31H,1-4H3,(H,33,34)/t25-/m0/s1. The minimum atomic E-state index is -1.70. The van der Waals surface area contributed by atoms with Gasteiger partial charge in [-0.1, -0.05) is 0 Å². The predicted octanol–water partition coefficient (Wildman–Crippen LogP) is 3.08. The third kappa shape index (κ3) is 3.25. The molecule has 0 spiro atoms. The highest BCUT2D eigenvalue weighted by molar-refractivity contribution is 6.31. The van der Waals surface area contributed by atoms with Crippen LogP contribution >= 0.6 is 0 Å². The number of carbonyl (C=O) groups is 4. The number of fused-ring (bicyclic) bond motifs is 3. The highest BCUT2D eigenvalue weighted by atomic mass is 16.5. The molecule has 4 rings (SSSR count). The number of carboxylic acid groups (broad SMARTS) is 1. The average Bonchev–Trinajstić information content (AvgIpc) is 3.06. The van der Waals surface area contributed by atoms with Crippen LogP contribution in [0, 0.1) is 6.92 Å². The Labute approximate surface area is 198 Å². The van der Waals surface area contributed by atoms with Crippen LogP contribution in [0.15, 0.2) is 41.3 Å². The number of phenolic OH excluding ortho intramolecular Hbond substituents is 3. The number of hydrogen-bond acceptors (Lipinski definition) is 9. The molecule has 2 aromatic rings. The fraction of sp³-hybridized carbons (Fsp3) is 0.200. The van der Waals surface area contributed by atoms with E-state index in [0.717, 1.165) is 18.2 Å². The number of ether oxygens (including phenoxy) is 1. The van der Waals surface area contributed by atoms with Crippen molar-refractivity contribution < 1.29 is 44.3 Å². The van der Waals surface area contributed by atoms with Crippen LogP contribution < -0.4 is 10.1 Å². The van der Waals surface area contributed by atoms with Gasteiger partial charge in [-0.25, -0.2) is 4.79 Å². The fourth-order valence-corrected chi connectivity index (χ4v) is 4.40. The number of aromatic carboxylic acids is 1. The van der Waals surface area contributed by atoms with Gasteiger partial charge in [0.05, 0.1) is 22.4 Å². The number of allylic oxidation sites excluding steroid dienone is 4. The molecule has 0 fully saturated rings. The predicted molar refractivity (Wildman–Crippen MR) is 122 cm³/mol. The van der Waals surface area contributed by atoms with Crippen LogP contribution in [0.5, 0.6) is 23.0 Å². The molecular formula is C25H21NO9. The molecule has 5 N–H and O–H groups in total. The molecule has 1 aliphatic heterocycles. The SMILES string of the molecule is CC(=O)c1c(O)c(C)c(O)c2c1OC1=CC(=O)C(=C(C)Nc3cc(C(=O)O)ccc3O)C(=O)[C@@]12C. The van der Waals surface area contributed by atoms with E-state index < -0.39 is 40.2 Å². The number of carboxylic acids is 1. The number of phenols is 3. The van der Waals surface area contributed by atoms with Crippen LogP contribution in [-0.4, -0.2) is 43.7 Å². The van der Waals surface area contributed by atoms with E-state index in [2.05, 4.69) is 5.32 Å². The van der Waals surface area contributed by atoms with Crippen molar-refractivity contribution >= 4 is 29.0 Å². The molecule has 10 heteroatoms. The normalized spacial score (nSPS) is 19.9. The van der Waals surface area contributed by atoms with E-state index in [1.807, 2.05) is 0 Å². The van der Waals surface area contributed by atoms with Gasteiger partial charge in [-0.15, -0.1) is 0 Å². The summed E-state index contributed by atoms with van der Waals surface area (Å²) in [5.74, 6) is -4.86. The summed E-state index contributed by atoms with van der Waals surface area (Å²) in [6, 6.07) is 3.50. The van der Waals surface area contributed by atoms with E-state index in [9.17, 15) is 39.6 Å². The first-order valence-electron chi connectivity index (χ1n) is 10.4. The smallest absolute Gasteiger partial charge is 0.335 e. The quantitative estimate of drug-likeness (QED) is 0.190. The number of hydrogen-bond donors (Lipinski definition) is 5. The zero-order chi connectivity index (χ0) is 26.0. The molecule has 1 heterocycles. The molecule has 2 aliphatic rings. The van der Waals surface area contributed by atoms with Crippen LogP contribution in [0.2, 0.25) is 0 Å². The Balaban J connectivity index is 1.90. The molecule has 0 saturated carbocycles. The maximum atomic E-state index is 13.8. The molecule has 0 aromatic heterocycles. The lowest BCUT2D eigenvalue weighted by atomic mass is 9.70. The summed E-state index contributed by atoms with van der Waals surface area (Å²) in [7, 11) is 0. The van der Waals surface area contributed by atoms with E-state index >= 15 is 0 Å². The summed E-state index contributed by atoms with van der Waals surface area (Å²) in [5, 5.41) is 43.3. The molecule has 0 amide bonds. The molecular weight excluding hydrogens is 458 g/mol. The zero-order valence-corrected chi connectivity index (χ0v) is 19.1. The van der Waals surface area contributed by atoms with Gasteiger partial charge in [0.2, 0.25) is 0 Å². The second-order valence-electron chi connectivity index (χ2n) is 8.55. The molecule has 1 aliphatic carbocycles. The minimum Gasteiger partial charge on any atom is -0.507 e. The van der Waals surface area contributed by atoms with Crippen molar-refractivity contribution in [3.05, 3.63) is 63.6 Å². The molecule has 10 nitrogen and oxygen atoms in total. The molecule has 0 radical (unpaired) electrons. The van der Waals surface area contributed by atoms with Crippen LogP contribution in [0.25, 0.3) is 0 Å². The second-order valence-corrected chi connectivity index (χ2v) is 8.55. The summed E-state index contributed by atoms with van der Waals surface area (Å²) in [4.78, 5) is 50.3. The molecule has 0 saturated heterocycles. The summed E-state index contributed by atoms with van der Waals surface area (Å²) < 4.78 is 5.70.